The first-order valence-corrected chi connectivity index (χ1v) is 10.9. The molecule has 8 heteroatoms. The lowest BCUT2D eigenvalue weighted by Gasteiger charge is -2.23. The number of aryl methyl sites for hydroxylation is 2. The van der Waals surface area contributed by atoms with E-state index < -0.39 is 0 Å². The van der Waals surface area contributed by atoms with Crippen LogP contribution in [0, 0.1) is 6.92 Å². The third-order valence-electron chi connectivity index (χ3n) is 5.64. The van der Waals surface area contributed by atoms with Crippen LogP contribution in [0.25, 0.3) is 0 Å². The number of H-pyrrole nitrogens is 1. The van der Waals surface area contributed by atoms with Crippen molar-refractivity contribution in [3.05, 3.63) is 33.4 Å². The van der Waals surface area contributed by atoms with Crippen molar-refractivity contribution >= 4 is 23.5 Å². The molecule has 0 aromatic carbocycles. The minimum atomic E-state index is -0.189. The highest BCUT2D eigenvalue weighted by atomic mass is 32.2. The van der Waals surface area contributed by atoms with Crippen LogP contribution in [0.2, 0.25) is 0 Å². The molecule has 0 saturated heterocycles. The molecule has 0 bridgehead atoms. The topological polar surface area (TPSA) is 84.7 Å². The third kappa shape index (κ3) is 3.59. The Balaban J connectivity index is 1.79. The Morgan fingerprint density at radius 1 is 1.15 bits per heavy atom. The number of nitrogens with one attached hydrogen (secondary N) is 2. The average molecular weight is 390 g/mol. The van der Waals surface area contributed by atoms with Gasteiger partial charge in [-0.3, -0.25) is 24.1 Å². The lowest BCUT2D eigenvalue weighted by atomic mass is 9.97. The fourth-order valence-electron chi connectivity index (χ4n) is 4.33. The third-order valence-corrected chi connectivity index (χ3v) is 6.89. The van der Waals surface area contributed by atoms with Gasteiger partial charge >= 0.3 is 0 Å². The average Bonchev–Trinajstić information content (AvgIpc) is 3.01. The van der Waals surface area contributed by atoms with E-state index >= 15 is 0 Å². The second-order valence-corrected chi connectivity index (χ2v) is 8.75. The van der Waals surface area contributed by atoms with E-state index in [-0.39, 0.29) is 22.8 Å². The first kappa shape index (κ1) is 18.4. The number of aromatic amines is 1. The van der Waals surface area contributed by atoms with Crippen molar-refractivity contribution in [2.75, 3.05) is 11.1 Å². The summed E-state index contributed by atoms with van der Waals surface area (Å²) in [7, 11) is 1.88. The molecular weight excluding hydrogens is 362 g/mol. The molecule has 1 atom stereocenters. The molecule has 3 heterocycles. The smallest absolute Gasteiger partial charge is 0.270 e. The summed E-state index contributed by atoms with van der Waals surface area (Å²) in [5, 5.41) is 10.3. The predicted molar refractivity (Wildman–Crippen MR) is 107 cm³/mol. The van der Waals surface area contributed by atoms with Gasteiger partial charge in [-0.05, 0) is 19.8 Å². The summed E-state index contributed by atoms with van der Waals surface area (Å²) in [6, 6.07) is 0.237. The maximum Gasteiger partial charge on any atom is 0.270 e. The van der Waals surface area contributed by atoms with Gasteiger partial charge in [-0.1, -0.05) is 32.1 Å². The van der Waals surface area contributed by atoms with Gasteiger partial charge in [-0.2, -0.15) is 5.10 Å². The number of hydrogen-bond acceptors (Lipinski definition) is 4. The normalized spacial score (nSPS) is 21.9. The minimum Gasteiger partial charge on any atom is -0.310 e. The van der Waals surface area contributed by atoms with Crippen molar-refractivity contribution in [1.82, 2.24) is 19.6 Å². The van der Waals surface area contributed by atoms with Crippen LogP contribution < -0.4 is 10.9 Å². The summed E-state index contributed by atoms with van der Waals surface area (Å²) < 4.78 is 3.72. The van der Waals surface area contributed by atoms with Crippen molar-refractivity contribution in [1.29, 1.82) is 0 Å². The number of amides is 1. The molecule has 2 aromatic heterocycles. The van der Waals surface area contributed by atoms with Crippen LogP contribution in [0.15, 0.2) is 11.0 Å². The zero-order valence-electron chi connectivity index (χ0n) is 16.0. The van der Waals surface area contributed by atoms with E-state index in [9.17, 15) is 9.59 Å². The van der Waals surface area contributed by atoms with Crippen LogP contribution in [0.4, 0.5) is 5.82 Å². The number of rotatable bonds is 2. The number of anilines is 1. The SMILES string of the molecule is Cc1nn(C)cc1[C@H]1SCC(=O)Nc2c1c(=O)[nH]n2C1CCCCCCC1. The number of carbonyl (C=O) groups is 1. The fraction of sp³-hybridized carbons (Fsp3) is 0.632. The number of thioether (sulfide) groups is 1. The van der Waals surface area contributed by atoms with E-state index in [1.807, 2.05) is 24.9 Å². The van der Waals surface area contributed by atoms with E-state index in [1.54, 1.807) is 4.68 Å². The van der Waals surface area contributed by atoms with Crippen molar-refractivity contribution in [2.45, 2.75) is 63.2 Å². The predicted octanol–water partition coefficient (Wildman–Crippen LogP) is 3.28. The summed E-state index contributed by atoms with van der Waals surface area (Å²) in [4.78, 5) is 25.4. The molecule has 2 aliphatic rings. The lowest BCUT2D eigenvalue weighted by molar-refractivity contribution is -0.113. The molecule has 27 heavy (non-hydrogen) atoms. The van der Waals surface area contributed by atoms with Gasteiger partial charge in [-0.25, -0.2) is 0 Å². The molecule has 7 nitrogen and oxygen atoms in total. The summed E-state index contributed by atoms with van der Waals surface area (Å²) in [5.74, 6) is 0.940. The van der Waals surface area contributed by atoms with Gasteiger partial charge in [-0.15, -0.1) is 11.8 Å². The highest BCUT2D eigenvalue weighted by molar-refractivity contribution is 8.00. The van der Waals surface area contributed by atoms with Crippen LogP contribution in [-0.2, 0) is 11.8 Å². The van der Waals surface area contributed by atoms with Crippen molar-refractivity contribution < 1.29 is 4.79 Å². The quantitative estimate of drug-likeness (QED) is 0.825. The molecule has 0 spiro atoms. The van der Waals surface area contributed by atoms with Crippen LogP contribution in [0.3, 0.4) is 0 Å². The molecule has 0 radical (unpaired) electrons. The maximum atomic E-state index is 13.0. The monoisotopic (exact) mass is 389 g/mol. The van der Waals surface area contributed by atoms with Gasteiger partial charge in [0.25, 0.3) is 5.56 Å². The molecule has 0 unspecified atom stereocenters. The van der Waals surface area contributed by atoms with Crippen LogP contribution in [-0.4, -0.2) is 31.2 Å². The molecule has 2 N–H and O–H groups in total. The van der Waals surface area contributed by atoms with Crippen LogP contribution in [0.5, 0.6) is 0 Å². The van der Waals surface area contributed by atoms with Gasteiger partial charge in [0.05, 0.1) is 28.3 Å². The van der Waals surface area contributed by atoms with Gasteiger partial charge < -0.3 is 5.32 Å². The number of fused-ring (bicyclic) bond motifs is 1. The summed E-state index contributed by atoms with van der Waals surface area (Å²) in [6.07, 6.45) is 10.1. The maximum absolute atomic E-state index is 13.0. The van der Waals surface area contributed by atoms with Gasteiger partial charge in [0, 0.05) is 18.8 Å². The standard InChI is InChI=1S/C19H27N5O2S/c1-12-14(10-23(2)21-12)17-16-18(20-15(25)11-27-17)24(22-19(16)26)13-8-6-4-3-5-7-9-13/h10,13,17H,3-9,11H2,1-2H3,(H,20,25)(H,22,26)/t17-/m1/s1. The lowest BCUT2D eigenvalue weighted by Crippen LogP contribution is -2.20. The minimum absolute atomic E-state index is 0.0520. The first-order valence-electron chi connectivity index (χ1n) is 9.80. The van der Waals surface area contributed by atoms with E-state index in [4.69, 9.17) is 0 Å². The fourth-order valence-corrected chi connectivity index (χ4v) is 5.52. The van der Waals surface area contributed by atoms with Crippen molar-refractivity contribution in [3.63, 3.8) is 0 Å². The highest BCUT2D eigenvalue weighted by Gasteiger charge is 2.33. The first-order chi connectivity index (χ1) is 13.0. The molecule has 1 fully saturated rings. The highest BCUT2D eigenvalue weighted by Crippen LogP contribution is 2.42. The zero-order valence-corrected chi connectivity index (χ0v) is 16.8. The van der Waals surface area contributed by atoms with E-state index in [0.29, 0.717) is 17.1 Å². The van der Waals surface area contributed by atoms with Crippen molar-refractivity contribution in [3.8, 4) is 0 Å². The van der Waals surface area contributed by atoms with E-state index in [0.717, 1.165) is 36.9 Å². The summed E-state index contributed by atoms with van der Waals surface area (Å²) in [6.45, 7) is 1.95. The molecule has 4 rings (SSSR count). The second kappa shape index (κ2) is 7.58. The Bertz CT molecular complexity index is 889. The van der Waals surface area contributed by atoms with Gasteiger partial charge in [0.1, 0.15) is 5.82 Å². The van der Waals surface area contributed by atoms with Crippen molar-refractivity contribution in [2.24, 2.45) is 7.05 Å². The summed E-state index contributed by atoms with van der Waals surface area (Å²) >= 11 is 1.50. The zero-order chi connectivity index (χ0) is 19.0. The Morgan fingerprint density at radius 3 is 2.52 bits per heavy atom. The molecule has 1 amide bonds. The Hall–Kier alpha value is -1.96. The van der Waals surface area contributed by atoms with E-state index in [1.165, 1.54) is 31.0 Å². The number of carbonyl (C=O) groups excluding carboxylic acids is 1. The Morgan fingerprint density at radius 2 is 1.85 bits per heavy atom. The van der Waals surface area contributed by atoms with Crippen LogP contribution >= 0.6 is 11.8 Å². The van der Waals surface area contributed by atoms with E-state index in [2.05, 4.69) is 15.5 Å². The van der Waals surface area contributed by atoms with Crippen LogP contribution in [0.1, 0.15) is 73.1 Å². The molecule has 2 aromatic rings. The largest absolute Gasteiger partial charge is 0.310 e. The number of aromatic nitrogens is 4. The molecule has 1 aliphatic carbocycles. The van der Waals surface area contributed by atoms with Gasteiger partial charge in [0.15, 0.2) is 0 Å². The summed E-state index contributed by atoms with van der Waals surface area (Å²) in [5.41, 5.74) is 2.45. The molecular formula is C19H27N5O2S. The number of hydrogen-bond donors (Lipinski definition) is 2. The number of nitrogens with zero attached hydrogens (tertiary/aromatic N) is 3. The second-order valence-electron chi connectivity index (χ2n) is 7.65. The Labute approximate surface area is 162 Å². The molecule has 1 saturated carbocycles. The molecule has 146 valence electrons. The molecule has 1 aliphatic heterocycles. The Kier molecular flexibility index (Phi) is 5.16. The van der Waals surface area contributed by atoms with Gasteiger partial charge in [0.2, 0.25) is 5.91 Å².